The number of nitrogens with zero attached hydrogens (tertiary/aromatic N) is 2. The molecule has 0 aliphatic carbocycles. The minimum atomic E-state index is -0.969. The van der Waals surface area contributed by atoms with Gasteiger partial charge in [0.15, 0.2) is 11.6 Å². The summed E-state index contributed by atoms with van der Waals surface area (Å²) >= 11 is 5.86. The van der Waals surface area contributed by atoms with E-state index in [-0.39, 0.29) is 17.1 Å². The van der Waals surface area contributed by atoms with E-state index in [1.807, 2.05) is 0 Å². The molecule has 0 amide bonds. The predicted molar refractivity (Wildman–Crippen MR) is 70.0 cm³/mol. The zero-order chi connectivity index (χ0) is 13.6. The van der Waals surface area contributed by atoms with Crippen LogP contribution >= 0.6 is 11.6 Å². The molecule has 0 aliphatic rings. The van der Waals surface area contributed by atoms with E-state index in [4.69, 9.17) is 17.3 Å². The Hall–Kier alpha value is -2.14. The highest BCUT2D eigenvalue weighted by atomic mass is 35.5. The highest BCUT2D eigenvalue weighted by molar-refractivity contribution is 6.30. The number of pyridine rings is 1. The number of nitrogen functional groups attached to an aromatic ring is 1. The Labute approximate surface area is 112 Å². The van der Waals surface area contributed by atoms with Crippen molar-refractivity contribution < 1.29 is 8.78 Å². The molecule has 6 heteroatoms. The zero-order valence-electron chi connectivity index (χ0n) is 9.57. The number of halogens is 3. The van der Waals surface area contributed by atoms with Crippen molar-refractivity contribution in [3.05, 3.63) is 53.2 Å². The molecule has 0 saturated carbocycles. The number of imidazole rings is 1. The first kappa shape index (κ1) is 11.9. The highest BCUT2D eigenvalue weighted by Crippen LogP contribution is 2.30. The van der Waals surface area contributed by atoms with E-state index >= 15 is 0 Å². The predicted octanol–water partition coefficient (Wildman–Crippen LogP) is 3.52. The van der Waals surface area contributed by atoms with Gasteiger partial charge in [0.05, 0.1) is 5.02 Å². The number of hydrogen-bond acceptors (Lipinski definition) is 2. The van der Waals surface area contributed by atoms with Crippen molar-refractivity contribution in [1.29, 1.82) is 0 Å². The Morgan fingerprint density at radius 1 is 1.16 bits per heavy atom. The molecule has 96 valence electrons. The van der Waals surface area contributed by atoms with Gasteiger partial charge in [-0.05, 0) is 24.3 Å². The van der Waals surface area contributed by atoms with Crippen molar-refractivity contribution in [3.63, 3.8) is 0 Å². The molecular weight excluding hydrogens is 272 g/mol. The van der Waals surface area contributed by atoms with Crippen LogP contribution in [-0.2, 0) is 0 Å². The summed E-state index contributed by atoms with van der Waals surface area (Å²) < 4.78 is 28.5. The highest BCUT2D eigenvalue weighted by Gasteiger charge is 2.17. The van der Waals surface area contributed by atoms with Crippen LogP contribution < -0.4 is 5.73 Å². The van der Waals surface area contributed by atoms with Gasteiger partial charge in [0.25, 0.3) is 0 Å². The maximum atomic E-state index is 13.8. The van der Waals surface area contributed by atoms with Gasteiger partial charge in [-0.2, -0.15) is 0 Å². The monoisotopic (exact) mass is 279 g/mol. The SMILES string of the molecule is Nc1c(-c2cccc(F)c2F)nc2ccc(Cl)cn12. The van der Waals surface area contributed by atoms with Gasteiger partial charge < -0.3 is 5.73 Å². The second-order valence-electron chi connectivity index (χ2n) is 4.02. The van der Waals surface area contributed by atoms with E-state index in [1.54, 1.807) is 18.3 Å². The lowest BCUT2D eigenvalue weighted by molar-refractivity contribution is 0.511. The summed E-state index contributed by atoms with van der Waals surface area (Å²) in [4.78, 5) is 4.20. The quantitative estimate of drug-likeness (QED) is 0.741. The van der Waals surface area contributed by atoms with E-state index in [2.05, 4.69) is 4.98 Å². The summed E-state index contributed by atoms with van der Waals surface area (Å²) in [5, 5.41) is 0.475. The third-order valence-corrected chi connectivity index (χ3v) is 3.05. The number of fused-ring (bicyclic) bond motifs is 1. The number of nitrogens with two attached hydrogens (primary N) is 1. The molecule has 0 bridgehead atoms. The summed E-state index contributed by atoms with van der Waals surface area (Å²) in [6.45, 7) is 0. The summed E-state index contributed by atoms with van der Waals surface area (Å²) in [7, 11) is 0. The van der Waals surface area contributed by atoms with Gasteiger partial charge >= 0.3 is 0 Å². The molecule has 0 unspecified atom stereocenters. The largest absolute Gasteiger partial charge is 0.383 e. The smallest absolute Gasteiger partial charge is 0.168 e. The van der Waals surface area contributed by atoms with Gasteiger partial charge in [-0.15, -0.1) is 0 Å². The van der Waals surface area contributed by atoms with Gasteiger partial charge in [0, 0.05) is 11.8 Å². The van der Waals surface area contributed by atoms with Crippen LogP contribution in [0.5, 0.6) is 0 Å². The minimum Gasteiger partial charge on any atom is -0.383 e. The number of hydrogen-bond donors (Lipinski definition) is 1. The summed E-state index contributed by atoms with van der Waals surface area (Å²) in [5.41, 5.74) is 6.65. The first-order valence-corrected chi connectivity index (χ1v) is 5.83. The third kappa shape index (κ3) is 1.82. The van der Waals surface area contributed by atoms with Gasteiger partial charge in [-0.25, -0.2) is 13.8 Å². The van der Waals surface area contributed by atoms with Crippen LogP contribution in [0, 0.1) is 11.6 Å². The second-order valence-corrected chi connectivity index (χ2v) is 4.46. The number of anilines is 1. The van der Waals surface area contributed by atoms with Gasteiger partial charge in [0.1, 0.15) is 17.2 Å². The number of benzene rings is 1. The molecule has 0 aliphatic heterocycles. The minimum absolute atomic E-state index is 0.0253. The van der Waals surface area contributed by atoms with Crippen molar-refractivity contribution in [3.8, 4) is 11.3 Å². The average molecular weight is 280 g/mol. The topological polar surface area (TPSA) is 43.3 Å². The Kier molecular flexibility index (Phi) is 2.64. The van der Waals surface area contributed by atoms with Crippen molar-refractivity contribution in [2.45, 2.75) is 0 Å². The molecule has 0 saturated heterocycles. The van der Waals surface area contributed by atoms with E-state index in [0.29, 0.717) is 10.7 Å². The Bertz CT molecular complexity index is 783. The van der Waals surface area contributed by atoms with E-state index in [9.17, 15) is 8.78 Å². The fourth-order valence-electron chi connectivity index (χ4n) is 1.92. The van der Waals surface area contributed by atoms with Gasteiger partial charge in [-0.3, -0.25) is 4.40 Å². The van der Waals surface area contributed by atoms with Crippen molar-refractivity contribution in [1.82, 2.24) is 9.38 Å². The van der Waals surface area contributed by atoms with Crippen molar-refractivity contribution >= 4 is 23.1 Å². The van der Waals surface area contributed by atoms with E-state index in [0.717, 1.165) is 6.07 Å². The van der Waals surface area contributed by atoms with E-state index in [1.165, 1.54) is 16.5 Å². The lowest BCUT2D eigenvalue weighted by atomic mass is 10.1. The molecule has 0 atom stereocenters. The fraction of sp³-hybridized carbons (Fsp3) is 0. The first-order chi connectivity index (χ1) is 9.08. The molecule has 3 aromatic rings. The summed E-state index contributed by atoms with van der Waals surface area (Å²) in [6.07, 6.45) is 1.57. The fourth-order valence-corrected chi connectivity index (χ4v) is 2.08. The van der Waals surface area contributed by atoms with Gasteiger partial charge in [0.2, 0.25) is 0 Å². The van der Waals surface area contributed by atoms with Crippen LogP contribution in [0.4, 0.5) is 14.6 Å². The maximum absolute atomic E-state index is 13.8. The summed E-state index contributed by atoms with van der Waals surface area (Å²) in [5.74, 6) is -1.70. The maximum Gasteiger partial charge on any atom is 0.168 e. The molecule has 19 heavy (non-hydrogen) atoms. The Balaban J connectivity index is 2.31. The molecule has 3 rings (SSSR count). The Morgan fingerprint density at radius 2 is 1.95 bits per heavy atom. The third-order valence-electron chi connectivity index (χ3n) is 2.83. The van der Waals surface area contributed by atoms with Crippen LogP contribution in [0.2, 0.25) is 5.02 Å². The average Bonchev–Trinajstić information content (AvgIpc) is 2.70. The molecule has 2 heterocycles. The summed E-state index contributed by atoms with van der Waals surface area (Å²) in [6, 6.07) is 7.18. The number of aromatic nitrogens is 2. The molecule has 2 aromatic heterocycles. The number of rotatable bonds is 1. The molecule has 1 aromatic carbocycles. The van der Waals surface area contributed by atoms with Crippen molar-refractivity contribution in [2.24, 2.45) is 0 Å². The standard InChI is InChI=1S/C13H8ClF2N3/c14-7-4-5-10-18-12(13(17)19(10)6-7)8-2-1-3-9(15)11(8)16/h1-6H,17H2. The molecular formula is C13H8ClF2N3. The van der Waals surface area contributed by atoms with Crippen LogP contribution in [0.3, 0.4) is 0 Å². The van der Waals surface area contributed by atoms with Gasteiger partial charge in [-0.1, -0.05) is 17.7 Å². The molecule has 0 spiro atoms. The molecule has 3 nitrogen and oxygen atoms in total. The normalized spacial score (nSPS) is 11.1. The van der Waals surface area contributed by atoms with Crippen LogP contribution in [0.15, 0.2) is 36.5 Å². The van der Waals surface area contributed by atoms with Crippen LogP contribution in [0.1, 0.15) is 0 Å². The van der Waals surface area contributed by atoms with Crippen LogP contribution in [0.25, 0.3) is 16.9 Å². The zero-order valence-corrected chi connectivity index (χ0v) is 10.3. The van der Waals surface area contributed by atoms with E-state index < -0.39 is 11.6 Å². The molecule has 0 fully saturated rings. The van der Waals surface area contributed by atoms with Crippen LogP contribution in [-0.4, -0.2) is 9.38 Å². The lowest BCUT2D eigenvalue weighted by Gasteiger charge is -2.02. The second kappa shape index (κ2) is 4.20. The van der Waals surface area contributed by atoms with Crippen molar-refractivity contribution in [2.75, 3.05) is 5.73 Å². The lowest BCUT2D eigenvalue weighted by Crippen LogP contribution is -1.96. The molecule has 0 radical (unpaired) electrons. The Morgan fingerprint density at radius 3 is 2.74 bits per heavy atom. The first-order valence-electron chi connectivity index (χ1n) is 5.45. The molecule has 2 N–H and O–H groups in total.